The Morgan fingerprint density at radius 3 is 2.18 bits per heavy atom. The second-order valence-corrected chi connectivity index (χ2v) is 6.06. The molecule has 0 aliphatic heterocycles. The summed E-state index contributed by atoms with van der Waals surface area (Å²) in [4.78, 5) is 10.1. The van der Waals surface area contributed by atoms with E-state index < -0.39 is 6.16 Å². The summed E-state index contributed by atoms with van der Waals surface area (Å²) in [7, 11) is 3.98. The number of rotatable bonds is 2. The van der Waals surface area contributed by atoms with Crippen LogP contribution in [0.25, 0.3) is 0 Å². The third kappa shape index (κ3) is 6.50. The maximum absolute atomic E-state index is 11.9. The lowest BCUT2D eigenvalue weighted by Crippen LogP contribution is -2.14. The lowest BCUT2D eigenvalue weighted by Gasteiger charge is -2.18. The van der Waals surface area contributed by atoms with Crippen LogP contribution in [0, 0.1) is 0 Å². The van der Waals surface area contributed by atoms with Crippen LogP contribution in [0.1, 0.15) is 20.8 Å². The molecule has 5 heteroatoms. The van der Waals surface area contributed by atoms with Crippen LogP contribution in [-0.4, -0.2) is 22.3 Å². The molecule has 0 spiro atoms. The number of halogens is 1. The van der Waals surface area contributed by atoms with Crippen molar-refractivity contribution < 1.29 is 9.18 Å². The van der Waals surface area contributed by atoms with Gasteiger partial charge < -0.3 is 0 Å². The van der Waals surface area contributed by atoms with Gasteiger partial charge in [0.15, 0.2) is 0 Å². The smallest absolute Gasteiger partial charge is 0.252 e. The summed E-state index contributed by atoms with van der Waals surface area (Å²) >= 11 is 0. The van der Waals surface area contributed by atoms with Crippen LogP contribution in [0.2, 0.25) is 0 Å². The molecule has 0 aliphatic carbocycles. The van der Waals surface area contributed by atoms with Crippen molar-refractivity contribution in [3.05, 3.63) is 0 Å². The van der Waals surface area contributed by atoms with Gasteiger partial charge >= 0.3 is 6.16 Å². The molecule has 0 aromatic carbocycles. The van der Waals surface area contributed by atoms with Crippen molar-refractivity contribution in [2.24, 2.45) is 0 Å². The fourth-order valence-electron chi connectivity index (χ4n) is 0.197. The van der Waals surface area contributed by atoms with Gasteiger partial charge in [-0.25, -0.2) is 4.79 Å². The van der Waals surface area contributed by atoms with E-state index >= 15 is 0 Å². The van der Waals surface area contributed by atoms with Crippen LogP contribution in [0.4, 0.5) is 9.18 Å². The fraction of sp³-hybridized carbons (Fsp3) is 0.833. The van der Waals surface area contributed by atoms with Gasteiger partial charge in [0.1, 0.15) is 0 Å². The second kappa shape index (κ2) is 4.21. The van der Waals surface area contributed by atoms with Gasteiger partial charge in [-0.2, -0.15) is 0 Å². The number of carbonyl (C=O) groups excluding carboxylic acids is 1. The van der Waals surface area contributed by atoms with E-state index in [0.717, 1.165) is 15.3 Å². The van der Waals surface area contributed by atoms with Gasteiger partial charge in [0.05, 0.1) is 0 Å². The second-order valence-electron chi connectivity index (χ2n) is 3.02. The van der Waals surface area contributed by atoms with Gasteiger partial charge in [-0.3, -0.25) is 4.31 Å². The van der Waals surface area contributed by atoms with E-state index in [0.29, 0.717) is 0 Å². The number of hydrogen-bond acceptors (Lipinski definition) is 3. The zero-order valence-corrected chi connectivity index (χ0v) is 8.68. The summed E-state index contributed by atoms with van der Waals surface area (Å²) in [6.45, 7) is 6.00. The largest absolute Gasteiger partial charge is 0.410 e. The Labute approximate surface area is 74.4 Å². The molecule has 1 amide bonds. The molecule has 0 bridgehead atoms. The van der Waals surface area contributed by atoms with E-state index in [9.17, 15) is 9.18 Å². The van der Waals surface area contributed by atoms with Crippen LogP contribution in [0.5, 0.6) is 0 Å². The van der Waals surface area contributed by atoms with E-state index in [1.165, 1.54) is 17.8 Å². The standard InChI is InChI=1S/C6H12FNOS2/c1-6(2,3)10-11-8(4)5(7)9/h1-4H3. The molecule has 0 aromatic rings. The lowest BCUT2D eigenvalue weighted by atomic mass is 10.3. The highest BCUT2D eigenvalue weighted by molar-refractivity contribution is 8.76. The predicted octanol–water partition coefficient (Wildman–Crippen LogP) is 3.10. The summed E-state index contributed by atoms with van der Waals surface area (Å²) in [6, 6.07) is 0. The normalized spacial score (nSPS) is 11.4. The fourth-order valence-corrected chi connectivity index (χ4v) is 1.77. The molecular weight excluding hydrogens is 185 g/mol. The Morgan fingerprint density at radius 1 is 1.45 bits per heavy atom. The molecule has 0 atom stereocenters. The van der Waals surface area contributed by atoms with Crippen LogP contribution >= 0.6 is 21.8 Å². The molecule has 0 rings (SSSR count). The summed E-state index contributed by atoms with van der Waals surface area (Å²) in [5.74, 6) is 0. The maximum Gasteiger partial charge on any atom is 0.410 e. The Kier molecular flexibility index (Phi) is 4.25. The molecule has 0 saturated heterocycles. The van der Waals surface area contributed by atoms with Crippen LogP contribution < -0.4 is 0 Å². The number of amides is 1. The van der Waals surface area contributed by atoms with E-state index in [4.69, 9.17) is 0 Å². The Bertz CT molecular complexity index is 146. The van der Waals surface area contributed by atoms with Crippen molar-refractivity contribution in [3.63, 3.8) is 0 Å². The van der Waals surface area contributed by atoms with Crippen molar-refractivity contribution in [2.45, 2.75) is 25.5 Å². The summed E-state index contributed by atoms with van der Waals surface area (Å²) in [5.41, 5.74) is 0. The van der Waals surface area contributed by atoms with Gasteiger partial charge in [-0.1, -0.05) is 31.6 Å². The van der Waals surface area contributed by atoms with Gasteiger partial charge in [-0.15, -0.1) is 4.39 Å². The van der Waals surface area contributed by atoms with E-state index in [1.807, 2.05) is 20.8 Å². The molecule has 0 aliphatic rings. The highest BCUT2D eigenvalue weighted by atomic mass is 33.1. The molecule has 0 heterocycles. The Morgan fingerprint density at radius 2 is 1.91 bits per heavy atom. The minimum Gasteiger partial charge on any atom is -0.252 e. The molecule has 66 valence electrons. The first-order valence-electron chi connectivity index (χ1n) is 3.12. The van der Waals surface area contributed by atoms with Gasteiger partial charge in [0.2, 0.25) is 0 Å². The highest BCUT2D eigenvalue weighted by Gasteiger charge is 2.15. The summed E-state index contributed by atoms with van der Waals surface area (Å²) in [5, 5.41) is 0. The monoisotopic (exact) mass is 197 g/mol. The third-order valence-electron chi connectivity index (χ3n) is 0.647. The molecule has 0 fully saturated rings. The number of carbonyl (C=O) groups is 1. The average molecular weight is 197 g/mol. The van der Waals surface area contributed by atoms with E-state index in [1.54, 1.807) is 0 Å². The average Bonchev–Trinajstić information content (AvgIpc) is 1.80. The molecule has 0 N–H and O–H groups in total. The van der Waals surface area contributed by atoms with Gasteiger partial charge in [-0.05, 0) is 0 Å². The van der Waals surface area contributed by atoms with Crippen molar-refractivity contribution in [1.82, 2.24) is 4.31 Å². The highest BCUT2D eigenvalue weighted by Crippen LogP contribution is 2.36. The Balaban J connectivity index is 3.63. The minimum atomic E-state index is -1.41. The van der Waals surface area contributed by atoms with E-state index in [-0.39, 0.29) is 4.75 Å². The third-order valence-corrected chi connectivity index (χ3v) is 3.98. The molecule has 11 heavy (non-hydrogen) atoms. The summed E-state index contributed by atoms with van der Waals surface area (Å²) < 4.78 is 12.9. The maximum atomic E-state index is 11.9. The predicted molar refractivity (Wildman–Crippen MR) is 49.2 cm³/mol. The first-order valence-corrected chi connectivity index (χ1v) is 5.22. The van der Waals surface area contributed by atoms with Crippen molar-refractivity contribution in [3.8, 4) is 0 Å². The van der Waals surface area contributed by atoms with Gasteiger partial charge in [0, 0.05) is 22.8 Å². The molecule has 2 nitrogen and oxygen atoms in total. The van der Waals surface area contributed by atoms with Crippen LogP contribution in [0.15, 0.2) is 0 Å². The van der Waals surface area contributed by atoms with E-state index in [2.05, 4.69) is 0 Å². The molecular formula is C6H12FNOS2. The topological polar surface area (TPSA) is 20.3 Å². The number of nitrogens with zero attached hydrogens (tertiary/aromatic N) is 1. The SMILES string of the molecule is CN(SSC(C)(C)C)C(=O)F. The Hall–Kier alpha value is 0.1000. The summed E-state index contributed by atoms with van der Waals surface area (Å²) in [6.07, 6.45) is -1.41. The minimum absolute atomic E-state index is 0.0361. The zero-order valence-electron chi connectivity index (χ0n) is 7.05. The number of hydrogen-bond donors (Lipinski definition) is 0. The van der Waals surface area contributed by atoms with Crippen molar-refractivity contribution in [1.29, 1.82) is 0 Å². The van der Waals surface area contributed by atoms with Crippen LogP contribution in [-0.2, 0) is 0 Å². The van der Waals surface area contributed by atoms with Crippen molar-refractivity contribution in [2.75, 3.05) is 7.05 Å². The lowest BCUT2D eigenvalue weighted by molar-refractivity contribution is 0.210. The molecule has 0 aromatic heterocycles. The first-order chi connectivity index (χ1) is 4.83. The zero-order chi connectivity index (χ0) is 9.07. The molecule has 0 unspecified atom stereocenters. The quantitative estimate of drug-likeness (QED) is 0.293. The van der Waals surface area contributed by atoms with Crippen molar-refractivity contribution >= 4 is 27.9 Å². The first kappa shape index (κ1) is 11.1. The molecule has 0 saturated carbocycles. The van der Waals surface area contributed by atoms with Gasteiger partial charge in [0.25, 0.3) is 0 Å². The molecule has 0 radical (unpaired) electrons. The van der Waals surface area contributed by atoms with Crippen LogP contribution in [0.3, 0.4) is 0 Å².